The molecule has 0 saturated heterocycles. The zero-order valence-corrected chi connectivity index (χ0v) is 23.0. The van der Waals surface area contributed by atoms with Crippen molar-refractivity contribution in [3.05, 3.63) is 81.9 Å². The third-order valence-corrected chi connectivity index (χ3v) is 8.07. The number of carboxylic acid groups (broad SMARTS) is 1. The second-order valence-corrected chi connectivity index (χ2v) is 11.6. The summed E-state index contributed by atoms with van der Waals surface area (Å²) in [7, 11) is 0. The van der Waals surface area contributed by atoms with Gasteiger partial charge in [0.05, 0.1) is 18.1 Å². The standard InChI is InChI=1S/C33H38O5/c1-6-22-15-26-24(16-27-30(26)31(27)32(34)35)17-28(22)38-18-21-8-7-9-23(14-21)29-19(2)12-25(13-20(29)3)37-11-10-33(4,5)36/h7-9,12-15,17,27,30-31,36H,6,10-11,16,18H2,1-5H3,(H,34,35). The van der Waals surface area contributed by atoms with Gasteiger partial charge in [-0.25, -0.2) is 0 Å². The fourth-order valence-electron chi connectivity index (χ4n) is 6.08. The lowest BCUT2D eigenvalue weighted by molar-refractivity contribution is -0.139. The molecular formula is C33H38O5. The van der Waals surface area contributed by atoms with E-state index in [0.29, 0.717) is 19.6 Å². The maximum Gasteiger partial charge on any atom is 0.307 e. The molecule has 3 aromatic rings. The van der Waals surface area contributed by atoms with Crippen LogP contribution in [0.3, 0.4) is 0 Å². The number of fused-ring (bicyclic) bond motifs is 3. The van der Waals surface area contributed by atoms with E-state index in [-0.39, 0.29) is 17.8 Å². The maximum atomic E-state index is 11.5. The predicted octanol–water partition coefficient (Wildman–Crippen LogP) is 6.62. The van der Waals surface area contributed by atoms with E-state index >= 15 is 0 Å². The van der Waals surface area contributed by atoms with Gasteiger partial charge in [-0.15, -0.1) is 0 Å². The second-order valence-electron chi connectivity index (χ2n) is 11.6. The minimum atomic E-state index is -0.742. The van der Waals surface area contributed by atoms with Gasteiger partial charge in [0.15, 0.2) is 0 Å². The molecule has 5 nitrogen and oxygen atoms in total. The molecule has 0 aliphatic heterocycles. The molecule has 1 fully saturated rings. The summed E-state index contributed by atoms with van der Waals surface area (Å²) in [6.07, 6.45) is 2.26. The number of hydrogen-bond donors (Lipinski definition) is 2. The molecular weight excluding hydrogens is 476 g/mol. The Hall–Kier alpha value is -3.31. The highest BCUT2D eigenvalue weighted by Crippen LogP contribution is 2.62. The molecule has 0 radical (unpaired) electrons. The summed E-state index contributed by atoms with van der Waals surface area (Å²) in [5.41, 5.74) is 8.59. The van der Waals surface area contributed by atoms with Crippen LogP contribution in [0.25, 0.3) is 11.1 Å². The van der Waals surface area contributed by atoms with E-state index in [1.165, 1.54) is 16.7 Å². The van der Waals surface area contributed by atoms with Crippen molar-refractivity contribution in [2.75, 3.05) is 6.61 Å². The molecule has 200 valence electrons. The molecule has 0 heterocycles. The summed E-state index contributed by atoms with van der Waals surface area (Å²) in [6.45, 7) is 10.8. The van der Waals surface area contributed by atoms with Crippen molar-refractivity contribution in [1.29, 1.82) is 0 Å². The number of ether oxygens (including phenoxy) is 2. The summed E-state index contributed by atoms with van der Waals surface area (Å²) in [6, 6.07) is 16.9. The Morgan fingerprint density at radius 1 is 1.05 bits per heavy atom. The van der Waals surface area contributed by atoms with Gasteiger partial charge >= 0.3 is 5.97 Å². The first-order valence-electron chi connectivity index (χ1n) is 13.6. The van der Waals surface area contributed by atoms with Gasteiger partial charge in [-0.05, 0) is 115 Å². The molecule has 5 rings (SSSR count). The topological polar surface area (TPSA) is 76.0 Å². The Kier molecular flexibility index (Phi) is 6.99. The lowest BCUT2D eigenvalue weighted by Gasteiger charge is -2.18. The van der Waals surface area contributed by atoms with Crippen molar-refractivity contribution in [1.82, 2.24) is 0 Å². The molecule has 0 bridgehead atoms. The van der Waals surface area contributed by atoms with E-state index in [2.05, 4.69) is 69.3 Å². The van der Waals surface area contributed by atoms with Gasteiger partial charge in [0.25, 0.3) is 0 Å². The highest BCUT2D eigenvalue weighted by atomic mass is 16.5. The molecule has 3 unspecified atom stereocenters. The number of hydrogen-bond acceptors (Lipinski definition) is 4. The molecule has 0 amide bonds. The number of aliphatic hydroxyl groups is 1. The normalized spacial score (nSPS) is 19.6. The van der Waals surface area contributed by atoms with Gasteiger partial charge < -0.3 is 19.7 Å². The van der Waals surface area contributed by atoms with Crippen molar-refractivity contribution in [2.24, 2.45) is 11.8 Å². The minimum absolute atomic E-state index is 0.184. The summed E-state index contributed by atoms with van der Waals surface area (Å²) < 4.78 is 12.3. The van der Waals surface area contributed by atoms with Gasteiger partial charge in [-0.3, -0.25) is 4.79 Å². The number of rotatable bonds is 10. The fraction of sp³-hybridized carbons (Fsp3) is 0.424. The van der Waals surface area contributed by atoms with E-state index in [0.717, 1.165) is 52.2 Å². The molecule has 2 N–H and O–H groups in total. The fourth-order valence-corrected chi connectivity index (χ4v) is 6.08. The molecule has 2 aliphatic rings. The Morgan fingerprint density at radius 2 is 1.79 bits per heavy atom. The molecule has 3 aromatic carbocycles. The summed E-state index contributed by atoms with van der Waals surface area (Å²) >= 11 is 0. The number of benzene rings is 3. The van der Waals surface area contributed by atoms with E-state index < -0.39 is 11.6 Å². The quantitative estimate of drug-likeness (QED) is 0.318. The lowest BCUT2D eigenvalue weighted by atomic mass is 9.94. The van der Waals surface area contributed by atoms with Crippen molar-refractivity contribution in [2.45, 2.75) is 72.0 Å². The first kappa shape index (κ1) is 26.3. The first-order valence-corrected chi connectivity index (χ1v) is 13.6. The largest absolute Gasteiger partial charge is 0.493 e. The minimum Gasteiger partial charge on any atom is -0.493 e. The zero-order chi connectivity index (χ0) is 27.2. The van der Waals surface area contributed by atoms with Crippen molar-refractivity contribution in [3.63, 3.8) is 0 Å². The molecule has 0 spiro atoms. The SMILES string of the molecule is CCc1cc2c(cc1OCc1cccc(-c3c(C)cc(OCCC(C)(C)O)cc3C)c1)CC1C(C(=O)O)C21. The average molecular weight is 515 g/mol. The van der Waals surface area contributed by atoms with E-state index in [9.17, 15) is 15.0 Å². The Bertz CT molecular complexity index is 1340. The van der Waals surface area contributed by atoms with Crippen LogP contribution in [0.2, 0.25) is 0 Å². The molecule has 0 aromatic heterocycles. The van der Waals surface area contributed by atoms with Crippen LogP contribution in [0, 0.1) is 25.7 Å². The van der Waals surface area contributed by atoms with Crippen LogP contribution in [-0.2, 0) is 24.2 Å². The third kappa shape index (κ3) is 5.30. The van der Waals surface area contributed by atoms with Crippen molar-refractivity contribution in [3.8, 4) is 22.6 Å². The molecule has 3 atom stereocenters. The van der Waals surface area contributed by atoms with Crippen LogP contribution in [0.1, 0.15) is 66.5 Å². The monoisotopic (exact) mass is 514 g/mol. The van der Waals surface area contributed by atoms with Crippen LogP contribution in [0.4, 0.5) is 0 Å². The summed E-state index contributed by atoms with van der Waals surface area (Å²) in [5.74, 6) is 1.30. The van der Waals surface area contributed by atoms with E-state index in [4.69, 9.17) is 9.47 Å². The van der Waals surface area contributed by atoms with Crippen LogP contribution in [0.5, 0.6) is 11.5 Å². The number of aryl methyl sites for hydroxylation is 3. The van der Waals surface area contributed by atoms with E-state index in [1.54, 1.807) is 13.8 Å². The predicted molar refractivity (Wildman–Crippen MR) is 149 cm³/mol. The van der Waals surface area contributed by atoms with Crippen molar-refractivity contribution < 1.29 is 24.5 Å². The smallest absolute Gasteiger partial charge is 0.307 e. The molecule has 5 heteroatoms. The van der Waals surface area contributed by atoms with Gasteiger partial charge in [-0.1, -0.05) is 31.2 Å². The van der Waals surface area contributed by atoms with Crippen LogP contribution in [-0.4, -0.2) is 28.4 Å². The Labute approximate surface area is 225 Å². The van der Waals surface area contributed by atoms with Crippen LogP contribution in [0.15, 0.2) is 48.5 Å². The molecule has 38 heavy (non-hydrogen) atoms. The van der Waals surface area contributed by atoms with Gasteiger partial charge in [0.2, 0.25) is 0 Å². The van der Waals surface area contributed by atoms with Crippen LogP contribution >= 0.6 is 0 Å². The first-order chi connectivity index (χ1) is 18.1. The summed E-state index contributed by atoms with van der Waals surface area (Å²) in [5, 5.41) is 19.4. The van der Waals surface area contributed by atoms with Gasteiger partial charge in [0.1, 0.15) is 18.1 Å². The Morgan fingerprint density at radius 3 is 2.45 bits per heavy atom. The van der Waals surface area contributed by atoms with Gasteiger partial charge in [-0.2, -0.15) is 0 Å². The highest BCUT2D eigenvalue weighted by molar-refractivity contribution is 5.78. The van der Waals surface area contributed by atoms with Gasteiger partial charge in [0, 0.05) is 12.3 Å². The number of aliphatic carboxylic acids is 1. The van der Waals surface area contributed by atoms with Crippen LogP contribution < -0.4 is 9.47 Å². The molecule has 2 aliphatic carbocycles. The second kappa shape index (κ2) is 10.1. The summed E-state index contributed by atoms with van der Waals surface area (Å²) in [4.78, 5) is 11.5. The molecule has 1 saturated carbocycles. The van der Waals surface area contributed by atoms with E-state index in [1.807, 2.05) is 0 Å². The average Bonchev–Trinajstić information content (AvgIpc) is 3.45. The maximum absolute atomic E-state index is 11.5. The Balaban J connectivity index is 1.30. The third-order valence-electron chi connectivity index (χ3n) is 8.07. The number of carboxylic acids is 1. The number of carbonyl (C=O) groups is 1. The lowest BCUT2D eigenvalue weighted by Crippen LogP contribution is -2.21. The zero-order valence-electron chi connectivity index (χ0n) is 23.0. The van der Waals surface area contributed by atoms with Crippen molar-refractivity contribution >= 4 is 5.97 Å². The highest BCUT2D eigenvalue weighted by Gasteiger charge is 2.59.